The molecule has 2 heteroatoms. The largest absolute Gasteiger partial charge is 0.396 e. The van der Waals surface area contributed by atoms with E-state index in [4.69, 9.17) is 5.11 Å². The highest BCUT2D eigenvalue weighted by atomic mass is 16.3. The molecule has 2 nitrogen and oxygen atoms in total. The summed E-state index contributed by atoms with van der Waals surface area (Å²) in [5, 5.41) is 12.5. The van der Waals surface area contributed by atoms with Crippen LogP contribution in [0.3, 0.4) is 0 Å². The van der Waals surface area contributed by atoms with Crippen LogP contribution < -0.4 is 5.32 Å². The van der Waals surface area contributed by atoms with Gasteiger partial charge in [-0.1, -0.05) is 26.7 Å². The molecule has 1 atom stereocenters. The van der Waals surface area contributed by atoms with Crippen LogP contribution in [0, 0.1) is 11.8 Å². The maximum Gasteiger partial charge on any atom is 0.0434 e. The number of aliphatic hydroxyl groups excluding tert-OH is 1. The standard InChI is InChI=1S/C14H29NO/c1-3-4-13-5-7-14(8-6-13)15-11-12(2)9-10-16/h12-16H,3-11H2,1-2H3. The summed E-state index contributed by atoms with van der Waals surface area (Å²) in [5.41, 5.74) is 0. The Morgan fingerprint density at radius 2 is 1.94 bits per heavy atom. The fourth-order valence-corrected chi connectivity index (χ4v) is 2.75. The Balaban J connectivity index is 2.07. The van der Waals surface area contributed by atoms with Crippen LogP contribution >= 0.6 is 0 Å². The zero-order valence-corrected chi connectivity index (χ0v) is 11.0. The zero-order valence-electron chi connectivity index (χ0n) is 11.0. The quantitative estimate of drug-likeness (QED) is 0.701. The third-order valence-electron chi connectivity index (χ3n) is 3.92. The van der Waals surface area contributed by atoms with Crippen molar-refractivity contribution in [3.05, 3.63) is 0 Å². The normalized spacial score (nSPS) is 27.9. The molecule has 1 saturated carbocycles. The fraction of sp³-hybridized carbons (Fsp3) is 1.00. The van der Waals surface area contributed by atoms with Gasteiger partial charge in [0.2, 0.25) is 0 Å². The first-order valence-corrected chi connectivity index (χ1v) is 7.10. The number of aliphatic hydroxyl groups is 1. The van der Waals surface area contributed by atoms with E-state index in [1.807, 2.05) is 0 Å². The summed E-state index contributed by atoms with van der Waals surface area (Å²) in [6.45, 7) is 5.91. The summed E-state index contributed by atoms with van der Waals surface area (Å²) in [6, 6.07) is 0.745. The summed E-state index contributed by atoms with van der Waals surface area (Å²) >= 11 is 0. The lowest BCUT2D eigenvalue weighted by molar-refractivity contribution is 0.243. The van der Waals surface area contributed by atoms with E-state index < -0.39 is 0 Å². The molecule has 2 N–H and O–H groups in total. The molecule has 1 fully saturated rings. The highest BCUT2D eigenvalue weighted by Gasteiger charge is 2.20. The van der Waals surface area contributed by atoms with Crippen molar-refractivity contribution in [2.24, 2.45) is 11.8 Å². The molecule has 1 unspecified atom stereocenters. The third-order valence-corrected chi connectivity index (χ3v) is 3.92. The first-order valence-electron chi connectivity index (χ1n) is 7.10. The van der Waals surface area contributed by atoms with Gasteiger partial charge in [0.15, 0.2) is 0 Å². The molecule has 16 heavy (non-hydrogen) atoms. The van der Waals surface area contributed by atoms with Crippen molar-refractivity contribution in [1.82, 2.24) is 5.32 Å². The van der Waals surface area contributed by atoms with Crippen LogP contribution in [0.25, 0.3) is 0 Å². The van der Waals surface area contributed by atoms with E-state index in [2.05, 4.69) is 19.2 Å². The van der Waals surface area contributed by atoms with Crippen LogP contribution in [-0.4, -0.2) is 24.3 Å². The van der Waals surface area contributed by atoms with Gasteiger partial charge < -0.3 is 10.4 Å². The maximum absolute atomic E-state index is 8.84. The molecule has 1 aliphatic rings. The van der Waals surface area contributed by atoms with E-state index >= 15 is 0 Å². The predicted molar refractivity (Wildman–Crippen MR) is 69.5 cm³/mol. The molecular formula is C14H29NO. The molecule has 0 aromatic heterocycles. The average molecular weight is 227 g/mol. The molecule has 0 saturated heterocycles. The minimum atomic E-state index is 0.325. The minimum absolute atomic E-state index is 0.325. The van der Waals surface area contributed by atoms with Crippen LogP contribution in [0.2, 0.25) is 0 Å². The molecule has 96 valence electrons. The summed E-state index contributed by atoms with van der Waals surface area (Å²) in [7, 11) is 0. The van der Waals surface area contributed by atoms with Crippen molar-refractivity contribution < 1.29 is 5.11 Å². The first kappa shape index (κ1) is 14.0. The second kappa shape index (κ2) is 8.08. The average Bonchev–Trinajstić information content (AvgIpc) is 2.29. The van der Waals surface area contributed by atoms with Crippen LogP contribution in [0.5, 0.6) is 0 Å². The van der Waals surface area contributed by atoms with Gasteiger partial charge in [0.05, 0.1) is 0 Å². The Hall–Kier alpha value is -0.0800. The van der Waals surface area contributed by atoms with E-state index in [9.17, 15) is 0 Å². The second-order valence-electron chi connectivity index (χ2n) is 5.53. The molecule has 0 aliphatic heterocycles. The molecule has 0 radical (unpaired) electrons. The molecule has 0 amide bonds. The molecule has 0 spiro atoms. The van der Waals surface area contributed by atoms with Crippen LogP contribution in [0.1, 0.15) is 58.8 Å². The second-order valence-corrected chi connectivity index (χ2v) is 5.53. The van der Waals surface area contributed by atoms with Crippen molar-refractivity contribution in [3.63, 3.8) is 0 Å². The highest BCUT2D eigenvalue weighted by molar-refractivity contribution is 4.77. The molecule has 0 bridgehead atoms. The fourth-order valence-electron chi connectivity index (χ4n) is 2.75. The maximum atomic E-state index is 8.84. The number of rotatable bonds is 7. The molecule has 0 aromatic rings. The van der Waals surface area contributed by atoms with Gasteiger partial charge >= 0.3 is 0 Å². The van der Waals surface area contributed by atoms with Gasteiger partial charge in [0, 0.05) is 12.6 Å². The molecule has 0 aromatic carbocycles. The third kappa shape index (κ3) is 5.31. The van der Waals surface area contributed by atoms with Gasteiger partial charge in [-0.3, -0.25) is 0 Å². The monoisotopic (exact) mass is 227 g/mol. The summed E-state index contributed by atoms with van der Waals surface area (Å²) < 4.78 is 0. The lowest BCUT2D eigenvalue weighted by Crippen LogP contribution is -2.36. The van der Waals surface area contributed by atoms with E-state index in [-0.39, 0.29) is 0 Å². The van der Waals surface area contributed by atoms with Gasteiger partial charge in [-0.25, -0.2) is 0 Å². The van der Waals surface area contributed by atoms with E-state index in [1.165, 1.54) is 38.5 Å². The van der Waals surface area contributed by atoms with Crippen molar-refractivity contribution in [3.8, 4) is 0 Å². The predicted octanol–water partition coefficient (Wildman–Crippen LogP) is 2.95. The van der Waals surface area contributed by atoms with Crippen molar-refractivity contribution in [2.75, 3.05) is 13.2 Å². The van der Waals surface area contributed by atoms with Crippen molar-refractivity contribution in [2.45, 2.75) is 64.8 Å². The molecule has 1 rings (SSSR count). The SMILES string of the molecule is CCCC1CCC(NCC(C)CCO)CC1. The van der Waals surface area contributed by atoms with Crippen molar-refractivity contribution in [1.29, 1.82) is 0 Å². The lowest BCUT2D eigenvalue weighted by atomic mass is 9.83. The Labute approximate surface area is 101 Å². The van der Waals surface area contributed by atoms with Crippen molar-refractivity contribution >= 4 is 0 Å². The Kier molecular flexibility index (Phi) is 7.06. The van der Waals surface area contributed by atoms with Crippen LogP contribution in [0.4, 0.5) is 0 Å². The number of hydrogen-bond donors (Lipinski definition) is 2. The Morgan fingerprint density at radius 3 is 2.50 bits per heavy atom. The lowest BCUT2D eigenvalue weighted by Gasteiger charge is -2.29. The smallest absolute Gasteiger partial charge is 0.0434 e. The van der Waals surface area contributed by atoms with Gasteiger partial charge in [0.1, 0.15) is 0 Å². The number of nitrogens with one attached hydrogen (secondary N) is 1. The van der Waals surface area contributed by atoms with Gasteiger partial charge in [-0.05, 0) is 50.5 Å². The van der Waals surface area contributed by atoms with Gasteiger partial charge in [0.25, 0.3) is 0 Å². The molecule has 0 heterocycles. The van der Waals surface area contributed by atoms with Crippen LogP contribution in [-0.2, 0) is 0 Å². The summed E-state index contributed by atoms with van der Waals surface area (Å²) in [4.78, 5) is 0. The first-order chi connectivity index (χ1) is 7.76. The Bertz CT molecular complexity index is 164. The van der Waals surface area contributed by atoms with E-state index in [0.717, 1.165) is 24.9 Å². The zero-order chi connectivity index (χ0) is 11.8. The Morgan fingerprint density at radius 1 is 1.25 bits per heavy atom. The molecule has 1 aliphatic carbocycles. The molecular weight excluding hydrogens is 198 g/mol. The topological polar surface area (TPSA) is 32.3 Å². The highest BCUT2D eigenvalue weighted by Crippen LogP contribution is 2.27. The number of hydrogen-bond acceptors (Lipinski definition) is 2. The summed E-state index contributed by atoms with van der Waals surface area (Å²) in [5.74, 6) is 1.61. The van der Waals surface area contributed by atoms with E-state index in [1.54, 1.807) is 0 Å². The van der Waals surface area contributed by atoms with Gasteiger partial charge in [-0.2, -0.15) is 0 Å². The van der Waals surface area contributed by atoms with Gasteiger partial charge in [-0.15, -0.1) is 0 Å². The summed E-state index contributed by atoms with van der Waals surface area (Å²) in [6.07, 6.45) is 9.24. The van der Waals surface area contributed by atoms with Crippen LogP contribution in [0.15, 0.2) is 0 Å². The minimum Gasteiger partial charge on any atom is -0.396 e. The van der Waals surface area contributed by atoms with E-state index in [0.29, 0.717) is 12.5 Å².